The normalized spacial score (nSPS) is 12.2. The lowest BCUT2D eigenvalue weighted by Crippen LogP contribution is -2.26. The predicted octanol–water partition coefficient (Wildman–Crippen LogP) is 4.17. The van der Waals surface area contributed by atoms with Crippen molar-refractivity contribution in [1.82, 2.24) is 0 Å². The standard InChI is InChI=1S/C17H16ClFN2O2/c1-11-5-3-4-6-13(11)10-20-23-12(2)17(22)21-16-8-7-14(19)9-15(16)18/h3-10,12H,1-2H3,(H,21,22)/b20-10-/t12-/m0/s1. The van der Waals surface area contributed by atoms with Crippen LogP contribution in [0.25, 0.3) is 0 Å². The lowest BCUT2D eigenvalue weighted by molar-refractivity contribution is -0.126. The van der Waals surface area contributed by atoms with Crippen molar-refractivity contribution in [2.45, 2.75) is 20.0 Å². The molecule has 1 atom stereocenters. The molecule has 6 heteroatoms. The van der Waals surface area contributed by atoms with Gasteiger partial charge in [0.25, 0.3) is 5.91 Å². The zero-order chi connectivity index (χ0) is 16.8. The third kappa shape index (κ3) is 4.79. The number of benzene rings is 2. The topological polar surface area (TPSA) is 50.7 Å². The van der Waals surface area contributed by atoms with Gasteiger partial charge in [-0.2, -0.15) is 0 Å². The van der Waals surface area contributed by atoms with Gasteiger partial charge >= 0.3 is 0 Å². The van der Waals surface area contributed by atoms with Crippen molar-refractivity contribution >= 4 is 29.4 Å². The maximum atomic E-state index is 13.0. The molecule has 0 heterocycles. The van der Waals surface area contributed by atoms with E-state index in [1.54, 1.807) is 13.1 Å². The summed E-state index contributed by atoms with van der Waals surface area (Å²) in [4.78, 5) is 17.1. The lowest BCUT2D eigenvalue weighted by Gasteiger charge is -2.11. The Balaban J connectivity index is 1.94. The number of hydrogen-bond acceptors (Lipinski definition) is 3. The summed E-state index contributed by atoms with van der Waals surface area (Å²) in [5.41, 5.74) is 2.27. The molecule has 0 aliphatic rings. The van der Waals surface area contributed by atoms with E-state index in [9.17, 15) is 9.18 Å². The number of nitrogens with one attached hydrogen (secondary N) is 1. The lowest BCUT2D eigenvalue weighted by atomic mass is 10.1. The third-order valence-corrected chi connectivity index (χ3v) is 3.47. The number of carbonyl (C=O) groups is 1. The number of anilines is 1. The number of oxime groups is 1. The minimum absolute atomic E-state index is 0.119. The summed E-state index contributed by atoms with van der Waals surface area (Å²) in [6.07, 6.45) is 0.723. The van der Waals surface area contributed by atoms with Crippen molar-refractivity contribution in [3.8, 4) is 0 Å². The molecule has 0 radical (unpaired) electrons. The van der Waals surface area contributed by atoms with Crippen molar-refractivity contribution < 1.29 is 14.0 Å². The SMILES string of the molecule is Cc1ccccc1/C=N\O[C@@H](C)C(=O)Nc1ccc(F)cc1Cl. The van der Waals surface area contributed by atoms with Gasteiger partial charge in [-0.3, -0.25) is 4.79 Å². The van der Waals surface area contributed by atoms with E-state index in [4.69, 9.17) is 16.4 Å². The average molecular weight is 335 g/mol. The first-order valence-electron chi connectivity index (χ1n) is 6.98. The summed E-state index contributed by atoms with van der Waals surface area (Å²) in [5, 5.41) is 6.50. The van der Waals surface area contributed by atoms with Crippen LogP contribution in [0.1, 0.15) is 18.1 Å². The molecule has 0 bridgehead atoms. The van der Waals surface area contributed by atoms with E-state index >= 15 is 0 Å². The average Bonchev–Trinajstić information content (AvgIpc) is 2.51. The maximum absolute atomic E-state index is 13.0. The Hall–Kier alpha value is -2.40. The van der Waals surface area contributed by atoms with Gasteiger partial charge in [-0.05, 0) is 43.2 Å². The molecule has 2 aromatic carbocycles. The minimum Gasteiger partial charge on any atom is -0.383 e. The van der Waals surface area contributed by atoms with Crippen LogP contribution >= 0.6 is 11.6 Å². The Kier molecular flexibility index (Phi) is 5.71. The Morgan fingerprint density at radius 2 is 2.09 bits per heavy atom. The molecular weight excluding hydrogens is 319 g/mol. The fourth-order valence-electron chi connectivity index (χ4n) is 1.78. The number of hydrogen-bond donors (Lipinski definition) is 1. The molecule has 1 N–H and O–H groups in total. The molecule has 2 aromatic rings. The number of nitrogens with zero attached hydrogens (tertiary/aromatic N) is 1. The minimum atomic E-state index is -0.823. The predicted molar refractivity (Wildman–Crippen MR) is 89.4 cm³/mol. The molecule has 0 aliphatic carbocycles. The first-order chi connectivity index (χ1) is 11.0. The molecule has 0 fully saturated rings. The van der Waals surface area contributed by atoms with E-state index in [2.05, 4.69) is 10.5 Å². The van der Waals surface area contributed by atoms with Gasteiger partial charge in [-0.15, -0.1) is 0 Å². The molecule has 2 rings (SSSR count). The molecule has 23 heavy (non-hydrogen) atoms. The maximum Gasteiger partial charge on any atom is 0.268 e. The zero-order valence-corrected chi connectivity index (χ0v) is 13.5. The number of halogens is 2. The van der Waals surface area contributed by atoms with Crippen molar-refractivity contribution in [2.24, 2.45) is 5.16 Å². The van der Waals surface area contributed by atoms with E-state index in [0.29, 0.717) is 5.69 Å². The molecule has 0 saturated heterocycles. The van der Waals surface area contributed by atoms with E-state index in [1.165, 1.54) is 12.1 Å². The highest BCUT2D eigenvalue weighted by Crippen LogP contribution is 2.22. The summed E-state index contributed by atoms with van der Waals surface area (Å²) in [7, 11) is 0. The number of amides is 1. The molecule has 4 nitrogen and oxygen atoms in total. The summed E-state index contributed by atoms with van der Waals surface area (Å²) in [6, 6.07) is 11.4. The van der Waals surface area contributed by atoms with E-state index in [-0.39, 0.29) is 5.02 Å². The van der Waals surface area contributed by atoms with Gasteiger partial charge in [0.05, 0.1) is 16.9 Å². The van der Waals surface area contributed by atoms with Crippen LogP contribution in [0.4, 0.5) is 10.1 Å². The van der Waals surface area contributed by atoms with E-state index < -0.39 is 17.8 Å². The van der Waals surface area contributed by atoms with Crippen LogP contribution in [0.5, 0.6) is 0 Å². The van der Waals surface area contributed by atoms with Gasteiger partial charge in [-0.1, -0.05) is 41.0 Å². The Labute approximate surface area is 138 Å². The highest BCUT2D eigenvalue weighted by molar-refractivity contribution is 6.33. The Morgan fingerprint density at radius 3 is 2.78 bits per heavy atom. The van der Waals surface area contributed by atoms with Crippen LogP contribution in [0.15, 0.2) is 47.6 Å². The van der Waals surface area contributed by atoms with Gasteiger partial charge < -0.3 is 10.2 Å². The molecule has 0 spiro atoms. The van der Waals surface area contributed by atoms with E-state index in [1.807, 2.05) is 31.2 Å². The van der Waals surface area contributed by atoms with Crippen LogP contribution < -0.4 is 5.32 Å². The second-order valence-corrected chi connectivity index (χ2v) is 5.36. The smallest absolute Gasteiger partial charge is 0.268 e. The van der Waals surface area contributed by atoms with Gasteiger partial charge in [0.15, 0.2) is 0 Å². The van der Waals surface area contributed by atoms with Crippen molar-refractivity contribution in [2.75, 3.05) is 5.32 Å². The zero-order valence-electron chi connectivity index (χ0n) is 12.7. The molecule has 120 valence electrons. The van der Waals surface area contributed by atoms with Crippen molar-refractivity contribution in [1.29, 1.82) is 0 Å². The van der Waals surface area contributed by atoms with Gasteiger partial charge in [0.1, 0.15) is 5.82 Å². The second kappa shape index (κ2) is 7.74. The largest absolute Gasteiger partial charge is 0.383 e. The van der Waals surface area contributed by atoms with Crippen molar-refractivity contribution in [3.05, 3.63) is 64.4 Å². The number of aryl methyl sites for hydroxylation is 1. The fourth-order valence-corrected chi connectivity index (χ4v) is 2.00. The first kappa shape index (κ1) is 17.0. The molecular formula is C17H16ClFN2O2. The van der Waals surface area contributed by atoms with E-state index in [0.717, 1.165) is 17.2 Å². The highest BCUT2D eigenvalue weighted by atomic mass is 35.5. The molecule has 0 aromatic heterocycles. The quantitative estimate of drug-likeness (QED) is 0.659. The number of carbonyl (C=O) groups excluding carboxylic acids is 1. The van der Waals surface area contributed by atoms with Gasteiger partial charge in [0, 0.05) is 0 Å². The van der Waals surface area contributed by atoms with Crippen LogP contribution in [0, 0.1) is 12.7 Å². The van der Waals surface area contributed by atoms with Crippen LogP contribution in [0.3, 0.4) is 0 Å². The van der Waals surface area contributed by atoms with Crippen molar-refractivity contribution in [3.63, 3.8) is 0 Å². The first-order valence-corrected chi connectivity index (χ1v) is 7.36. The highest BCUT2D eigenvalue weighted by Gasteiger charge is 2.15. The molecule has 0 aliphatic heterocycles. The summed E-state index contributed by atoms with van der Waals surface area (Å²) >= 11 is 5.85. The summed E-state index contributed by atoms with van der Waals surface area (Å²) in [6.45, 7) is 3.51. The Bertz CT molecular complexity index is 734. The third-order valence-electron chi connectivity index (χ3n) is 3.16. The number of rotatable bonds is 5. The summed E-state index contributed by atoms with van der Waals surface area (Å²) < 4.78 is 13.0. The van der Waals surface area contributed by atoms with Crippen LogP contribution in [0.2, 0.25) is 5.02 Å². The molecule has 0 saturated carbocycles. The molecule has 1 amide bonds. The summed E-state index contributed by atoms with van der Waals surface area (Å²) in [5.74, 6) is -0.902. The van der Waals surface area contributed by atoms with Gasteiger partial charge in [-0.25, -0.2) is 4.39 Å². The van der Waals surface area contributed by atoms with Crippen LogP contribution in [-0.4, -0.2) is 18.2 Å². The van der Waals surface area contributed by atoms with Crippen LogP contribution in [-0.2, 0) is 9.63 Å². The second-order valence-electron chi connectivity index (χ2n) is 4.95. The Morgan fingerprint density at radius 1 is 1.35 bits per heavy atom. The monoisotopic (exact) mass is 334 g/mol. The van der Waals surface area contributed by atoms with Gasteiger partial charge in [0.2, 0.25) is 6.10 Å². The fraction of sp³-hybridized carbons (Fsp3) is 0.176. The molecule has 0 unspecified atom stereocenters.